The molecule has 1 atom stereocenters. The molecule has 2 N–H and O–H groups in total. The van der Waals surface area contributed by atoms with Gasteiger partial charge in [-0.1, -0.05) is 12.1 Å². The summed E-state index contributed by atoms with van der Waals surface area (Å²) >= 11 is 1.48. The Morgan fingerprint density at radius 1 is 1.53 bits per heavy atom. The summed E-state index contributed by atoms with van der Waals surface area (Å²) in [4.78, 5) is 4.12. The van der Waals surface area contributed by atoms with Crippen molar-refractivity contribution < 1.29 is 9.13 Å². The third kappa shape index (κ3) is 2.62. The molecule has 17 heavy (non-hydrogen) atoms. The van der Waals surface area contributed by atoms with Gasteiger partial charge in [-0.25, -0.2) is 9.37 Å². The number of nitrogens with two attached hydrogens (primary N) is 1. The van der Waals surface area contributed by atoms with E-state index in [4.69, 9.17) is 10.5 Å². The lowest BCUT2D eigenvalue weighted by Crippen LogP contribution is -2.14. The minimum atomic E-state index is -0.347. The molecular formula is C12H13FN2OS. The third-order valence-electron chi connectivity index (χ3n) is 2.53. The summed E-state index contributed by atoms with van der Waals surface area (Å²) in [6.45, 7) is 0. The van der Waals surface area contributed by atoms with Crippen LogP contribution < -0.4 is 10.5 Å². The number of halogens is 1. The van der Waals surface area contributed by atoms with Crippen molar-refractivity contribution in [3.63, 3.8) is 0 Å². The van der Waals surface area contributed by atoms with Crippen LogP contribution in [0.25, 0.3) is 0 Å². The topological polar surface area (TPSA) is 48.1 Å². The number of hydrogen-bond donors (Lipinski definition) is 1. The molecule has 90 valence electrons. The summed E-state index contributed by atoms with van der Waals surface area (Å²) in [6.07, 6.45) is 0.409. The van der Waals surface area contributed by atoms with Crippen molar-refractivity contribution in [2.75, 3.05) is 7.11 Å². The monoisotopic (exact) mass is 252 g/mol. The summed E-state index contributed by atoms with van der Waals surface area (Å²) in [5.41, 5.74) is 9.02. The molecule has 0 bridgehead atoms. The minimum Gasteiger partial charge on any atom is -0.494 e. The van der Waals surface area contributed by atoms with Gasteiger partial charge < -0.3 is 10.5 Å². The molecule has 1 heterocycles. The van der Waals surface area contributed by atoms with E-state index in [-0.39, 0.29) is 17.6 Å². The van der Waals surface area contributed by atoms with Crippen molar-refractivity contribution in [2.45, 2.75) is 12.5 Å². The lowest BCUT2D eigenvalue weighted by atomic mass is 10.0. The molecule has 1 aromatic carbocycles. The zero-order valence-electron chi connectivity index (χ0n) is 9.39. The molecule has 2 rings (SSSR count). The second-order valence-electron chi connectivity index (χ2n) is 3.66. The van der Waals surface area contributed by atoms with Crippen molar-refractivity contribution >= 4 is 11.3 Å². The number of benzene rings is 1. The summed E-state index contributed by atoms with van der Waals surface area (Å²) in [6, 6.07) is 4.77. The molecule has 1 aromatic heterocycles. The van der Waals surface area contributed by atoms with Gasteiger partial charge in [0.15, 0.2) is 11.6 Å². The number of nitrogens with zero attached hydrogens (tertiary/aromatic N) is 1. The van der Waals surface area contributed by atoms with Crippen LogP contribution in [-0.2, 0) is 6.42 Å². The highest BCUT2D eigenvalue weighted by atomic mass is 32.1. The lowest BCUT2D eigenvalue weighted by Gasteiger charge is -2.11. The second-order valence-corrected chi connectivity index (χ2v) is 4.38. The van der Waals surface area contributed by atoms with E-state index in [0.717, 1.165) is 5.69 Å². The Morgan fingerprint density at radius 2 is 2.35 bits per heavy atom. The predicted molar refractivity (Wildman–Crippen MR) is 65.7 cm³/mol. The minimum absolute atomic E-state index is 0.243. The van der Waals surface area contributed by atoms with E-state index in [1.54, 1.807) is 23.7 Å². The summed E-state index contributed by atoms with van der Waals surface area (Å²) < 4.78 is 18.8. The third-order valence-corrected chi connectivity index (χ3v) is 3.14. The number of rotatable bonds is 4. The fourth-order valence-electron chi connectivity index (χ4n) is 1.62. The van der Waals surface area contributed by atoms with Crippen molar-refractivity contribution in [3.8, 4) is 5.75 Å². The fourth-order valence-corrected chi connectivity index (χ4v) is 2.24. The van der Waals surface area contributed by atoms with Gasteiger partial charge in [-0.15, -0.1) is 11.3 Å². The molecule has 0 fully saturated rings. The van der Waals surface area contributed by atoms with Gasteiger partial charge in [0.25, 0.3) is 0 Å². The van der Waals surface area contributed by atoms with E-state index in [0.29, 0.717) is 12.0 Å². The second kappa shape index (κ2) is 5.25. The molecule has 2 aromatic rings. The first-order valence-electron chi connectivity index (χ1n) is 5.17. The standard InChI is InChI=1S/C12H13FN2OS/c1-16-11-4-2-3-8(12(11)13)5-9(14)10-6-17-7-15-10/h2-4,6-7,9H,5,14H2,1H3. The highest BCUT2D eigenvalue weighted by molar-refractivity contribution is 7.07. The van der Waals surface area contributed by atoms with Crippen LogP contribution in [0.1, 0.15) is 17.3 Å². The summed E-state index contributed by atoms with van der Waals surface area (Å²) in [5.74, 6) is -0.103. The van der Waals surface area contributed by atoms with Crippen molar-refractivity contribution in [1.82, 2.24) is 4.98 Å². The van der Waals surface area contributed by atoms with Crippen LogP contribution in [0, 0.1) is 5.82 Å². The predicted octanol–water partition coefficient (Wildman–Crippen LogP) is 2.53. The molecule has 1 unspecified atom stereocenters. The van der Waals surface area contributed by atoms with Crippen LogP contribution in [0.5, 0.6) is 5.75 Å². The molecule has 0 spiro atoms. The van der Waals surface area contributed by atoms with Crippen LogP contribution in [0.4, 0.5) is 4.39 Å². The van der Waals surface area contributed by atoms with Crippen LogP contribution in [0.15, 0.2) is 29.1 Å². The van der Waals surface area contributed by atoms with E-state index in [9.17, 15) is 4.39 Å². The van der Waals surface area contributed by atoms with Crippen LogP contribution in [-0.4, -0.2) is 12.1 Å². The van der Waals surface area contributed by atoms with Gasteiger partial charge in [-0.3, -0.25) is 0 Å². The lowest BCUT2D eigenvalue weighted by molar-refractivity contribution is 0.383. The van der Waals surface area contributed by atoms with Crippen LogP contribution in [0.3, 0.4) is 0 Å². The van der Waals surface area contributed by atoms with E-state index in [1.807, 2.05) is 5.38 Å². The van der Waals surface area contributed by atoms with Crippen LogP contribution in [0.2, 0.25) is 0 Å². The average molecular weight is 252 g/mol. The van der Waals surface area contributed by atoms with E-state index < -0.39 is 0 Å². The maximum atomic E-state index is 13.9. The van der Waals surface area contributed by atoms with Crippen molar-refractivity contribution in [2.24, 2.45) is 5.73 Å². The number of hydrogen-bond acceptors (Lipinski definition) is 4. The van der Waals surface area contributed by atoms with Gasteiger partial charge in [0.2, 0.25) is 0 Å². The quantitative estimate of drug-likeness (QED) is 0.909. The number of ether oxygens (including phenoxy) is 1. The van der Waals surface area contributed by atoms with Gasteiger partial charge in [-0.05, 0) is 18.1 Å². The molecule has 0 aliphatic rings. The van der Waals surface area contributed by atoms with E-state index >= 15 is 0 Å². The molecule has 0 radical (unpaired) electrons. The molecule has 3 nitrogen and oxygen atoms in total. The molecule has 0 saturated carbocycles. The van der Waals surface area contributed by atoms with Gasteiger partial charge in [0, 0.05) is 5.38 Å². The largest absolute Gasteiger partial charge is 0.494 e. The molecule has 0 aliphatic carbocycles. The molecule has 5 heteroatoms. The van der Waals surface area contributed by atoms with E-state index in [2.05, 4.69) is 4.98 Å². The molecule has 0 amide bonds. The van der Waals surface area contributed by atoms with Gasteiger partial charge in [-0.2, -0.15) is 0 Å². The van der Waals surface area contributed by atoms with Crippen LogP contribution >= 0.6 is 11.3 Å². The summed E-state index contributed by atoms with van der Waals surface area (Å²) in [7, 11) is 1.45. The first kappa shape index (κ1) is 12.0. The highest BCUT2D eigenvalue weighted by Crippen LogP contribution is 2.24. The van der Waals surface area contributed by atoms with Gasteiger partial charge in [0.1, 0.15) is 0 Å². The Kier molecular flexibility index (Phi) is 3.71. The Labute approximate surface area is 103 Å². The fraction of sp³-hybridized carbons (Fsp3) is 0.250. The summed E-state index contributed by atoms with van der Waals surface area (Å²) in [5, 5.41) is 1.88. The Morgan fingerprint density at radius 3 is 3.00 bits per heavy atom. The number of aromatic nitrogens is 1. The molecule has 0 saturated heterocycles. The number of thiazole rings is 1. The van der Waals surface area contributed by atoms with Gasteiger partial charge >= 0.3 is 0 Å². The smallest absolute Gasteiger partial charge is 0.168 e. The average Bonchev–Trinajstić information content (AvgIpc) is 2.85. The Balaban J connectivity index is 2.19. The van der Waals surface area contributed by atoms with Gasteiger partial charge in [0.05, 0.1) is 24.4 Å². The number of methoxy groups -OCH3 is 1. The highest BCUT2D eigenvalue weighted by Gasteiger charge is 2.14. The first-order valence-corrected chi connectivity index (χ1v) is 6.11. The first-order chi connectivity index (χ1) is 8.22. The molecule has 0 aliphatic heterocycles. The maximum Gasteiger partial charge on any atom is 0.168 e. The maximum absolute atomic E-state index is 13.9. The molecular weight excluding hydrogens is 239 g/mol. The van der Waals surface area contributed by atoms with Crippen molar-refractivity contribution in [1.29, 1.82) is 0 Å². The van der Waals surface area contributed by atoms with Crippen molar-refractivity contribution in [3.05, 3.63) is 46.2 Å². The normalized spacial score (nSPS) is 12.4. The zero-order valence-corrected chi connectivity index (χ0v) is 10.2. The zero-order chi connectivity index (χ0) is 12.3. The van der Waals surface area contributed by atoms with E-state index in [1.165, 1.54) is 18.4 Å². The SMILES string of the molecule is COc1cccc(CC(N)c2cscn2)c1F. The Bertz CT molecular complexity index is 487. The Hall–Kier alpha value is -1.46.